The van der Waals surface area contributed by atoms with E-state index in [-0.39, 0.29) is 12.4 Å². The molecule has 0 saturated carbocycles. The predicted molar refractivity (Wildman–Crippen MR) is 129 cm³/mol. The molecule has 2 atom stereocenters. The minimum Gasteiger partial charge on any atom is -0.481 e. The van der Waals surface area contributed by atoms with Crippen LogP contribution >= 0.6 is 0 Å². The van der Waals surface area contributed by atoms with Crippen LogP contribution in [0.5, 0.6) is 0 Å². The van der Waals surface area contributed by atoms with Gasteiger partial charge < -0.3 is 14.7 Å². The zero-order valence-corrected chi connectivity index (χ0v) is 20.6. The van der Waals surface area contributed by atoms with E-state index in [2.05, 4.69) is 15.2 Å². The van der Waals surface area contributed by atoms with Crippen LogP contribution in [0, 0.1) is 17.6 Å². The van der Waals surface area contributed by atoms with Crippen LogP contribution in [-0.4, -0.2) is 60.6 Å². The Bertz CT molecular complexity index is 1520. The second-order valence-corrected chi connectivity index (χ2v) is 9.41. The second-order valence-electron chi connectivity index (χ2n) is 9.41. The number of hydrogen-bond donors (Lipinski definition) is 2. The van der Waals surface area contributed by atoms with Gasteiger partial charge in [0.25, 0.3) is 5.89 Å². The molecule has 0 bridgehead atoms. The van der Waals surface area contributed by atoms with E-state index in [1.807, 2.05) is 4.90 Å². The van der Waals surface area contributed by atoms with Crippen molar-refractivity contribution >= 4 is 5.97 Å². The SMILES string of the molecule is O=C(O)[C@H]1CCCN(C[C@@H](O)c2ccc(-c3noc(-c4cnn(-c5ccc(F)cc5F)c4C(F)(F)F)n3)cc2)C1. The number of aromatic nitrogens is 4. The molecule has 9 nitrogen and oxygen atoms in total. The van der Waals surface area contributed by atoms with Gasteiger partial charge in [0.05, 0.1) is 23.8 Å². The Labute approximate surface area is 223 Å². The Hall–Kier alpha value is -4.17. The smallest absolute Gasteiger partial charge is 0.434 e. The number of aliphatic hydroxyl groups excluding tert-OH is 1. The fraction of sp³-hybridized carbons (Fsp3) is 0.308. The lowest BCUT2D eigenvalue weighted by Gasteiger charge is -2.32. The fourth-order valence-corrected chi connectivity index (χ4v) is 4.69. The molecule has 2 aromatic carbocycles. The molecule has 5 rings (SSSR count). The number of aliphatic carboxylic acids is 1. The molecule has 210 valence electrons. The van der Waals surface area contributed by atoms with E-state index < -0.39 is 58.6 Å². The average Bonchev–Trinajstić information content (AvgIpc) is 3.57. The number of carboxylic acids is 1. The summed E-state index contributed by atoms with van der Waals surface area (Å²) in [7, 11) is 0. The summed E-state index contributed by atoms with van der Waals surface area (Å²) in [6.45, 7) is 1.27. The van der Waals surface area contributed by atoms with Gasteiger partial charge in [-0.1, -0.05) is 29.4 Å². The van der Waals surface area contributed by atoms with Crippen molar-refractivity contribution in [2.45, 2.75) is 25.1 Å². The van der Waals surface area contributed by atoms with Gasteiger partial charge in [-0.05, 0) is 37.1 Å². The van der Waals surface area contributed by atoms with E-state index in [1.54, 1.807) is 24.3 Å². The quantitative estimate of drug-likeness (QED) is 0.311. The molecule has 3 heterocycles. The first-order chi connectivity index (χ1) is 19.0. The maximum absolute atomic E-state index is 14.2. The number of alkyl halides is 3. The molecule has 0 unspecified atom stereocenters. The van der Waals surface area contributed by atoms with E-state index in [4.69, 9.17) is 4.52 Å². The van der Waals surface area contributed by atoms with Crippen LogP contribution in [0.3, 0.4) is 0 Å². The average molecular weight is 563 g/mol. The van der Waals surface area contributed by atoms with E-state index in [0.717, 1.165) is 24.8 Å². The molecule has 14 heteroatoms. The van der Waals surface area contributed by atoms with Crippen LogP contribution in [0.2, 0.25) is 0 Å². The molecule has 40 heavy (non-hydrogen) atoms. The van der Waals surface area contributed by atoms with Gasteiger partial charge in [-0.15, -0.1) is 0 Å². The Morgan fingerprint density at radius 2 is 1.90 bits per heavy atom. The number of likely N-dealkylation sites (tertiary alicyclic amines) is 1. The molecule has 0 aliphatic carbocycles. The zero-order valence-electron chi connectivity index (χ0n) is 20.6. The van der Waals surface area contributed by atoms with Gasteiger partial charge >= 0.3 is 12.1 Å². The highest BCUT2D eigenvalue weighted by Gasteiger charge is 2.41. The van der Waals surface area contributed by atoms with Crippen LogP contribution in [0.1, 0.15) is 30.2 Å². The second kappa shape index (κ2) is 10.8. The molecule has 1 aliphatic rings. The Morgan fingerprint density at radius 1 is 1.15 bits per heavy atom. The van der Waals surface area contributed by atoms with Crippen molar-refractivity contribution in [3.05, 3.63) is 71.6 Å². The van der Waals surface area contributed by atoms with E-state index >= 15 is 0 Å². The highest BCUT2D eigenvalue weighted by molar-refractivity contribution is 5.70. The van der Waals surface area contributed by atoms with E-state index in [1.165, 1.54) is 0 Å². The third-order valence-corrected chi connectivity index (χ3v) is 6.67. The van der Waals surface area contributed by atoms with E-state index in [9.17, 15) is 37.0 Å². The van der Waals surface area contributed by atoms with Crippen molar-refractivity contribution < 1.29 is 41.5 Å². The third kappa shape index (κ3) is 5.58. The fourth-order valence-electron chi connectivity index (χ4n) is 4.69. The molecule has 1 aliphatic heterocycles. The summed E-state index contributed by atoms with van der Waals surface area (Å²) in [6.07, 6.45) is -3.78. The summed E-state index contributed by atoms with van der Waals surface area (Å²) in [5.41, 5.74) is -1.65. The Balaban J connectivity index is 1.36. The van der Waals surface area contributed by atoms with Crippen molar-refractivity contribution in [2.75, 3.05) is 19.6 Å². The van der Waals surface area contributed by atoms with Gasteiger partial charge in [0, 0.05) is 24.7 Å². The first-order valence-electron chi connectivity index (χ1n) is 12.2. The molecule has 2 N–H and O–H groups in total. The highest BCUT2D eigenvalue weighted by atomic mass is 19.4. The van der Waals surface area contributed by atoms with E-state index in [0.29, 0.717) is 41.4 Å². The van der Waals surface area contributed by atoms with Crippen LogP contribution in [0.4, 0.5) is 22.0 Å². The van der Waals surface area contributed by atoms with Gasteiger partial charge in [-0.3, -0.25) is 9.69 Å². The zero-order chi connectivity index (χ0) is 28.6. The first-order valence-corrected chi connectivity index (χ1v) is 12.2. The van der Waals surface area contributed by atoms with Crippen LogP contribution < -0.4 is 0 Å². The number of β-amino-alcohol motifs (C(OH)–C–C–N with tert-alkyl or cyclic N) is 1. The minimum atomic E-state index is -5.00. The van der Waals surface area contributed by atoms with Crippen molar-refractivity contribution in [1.82, 2.24) is 24.8 Å². The topological polar surface area (TPSA) is 118 Å². The molecule has 0 spiro atoms. The van der Waals surface area contributed by atoms with Crippen molar-refractivity contribution in [2.24, 2.45) is 5.92 Å². The molecular formula is C26H22F5N5O4. The summed E-state index contributed by atoms with van der Waals surface area (Å²) in [5.74, 6) is -4.09. The standard InChI is InChI=1S/C26H22F5N5O4/c27-17-7-8-20(19(28)10-17)36-22(26(29,30)31)18(11-32-36)24-33-23(34-40-24)15-5-3-14(4-6-15)21(37)13-35-9-1-2-16(12-35)25(38)39/h3-8,10-11,16,21,37H,1-2,9,12-13H2,(H,38,39)/t16-,21+/m0/s1. The summed E-state index contributed by atoms with van der Waals surface area (Å²) in [6, 6.07) is 8.42. The number of carbonyl (C=O) groups is 1. The Kier molecular flexibility index (Phi) is 7.38. The minimum absolute atomic E-state index is 0.0368. The van der Waals surface area contributed by atoms with Crippen molar-refractivity contribution in [3.63, 3.8) is 0 Å². The van der Waals surface area contributed by atoms with Gasteiger partial charge in [0.15, 0.2) is 11.5 Å². The highest BCUT2D eigenvalue weighted by Crippen LogP contribution is 2.39. The molecular weight excluding hydrogens is 541 g/mol. The first kappa shape index (κ1) is 27.4. The molecule has 1 saturated heterocycles. The molecule has 1 fully saturated rings. The summed E-state index contributed by atoms with van der Waals surface area (Å²) in [5, 5.41) is 27.3. The van der Waals surface area contributed by atoms with Crippen molar-refractivity contribution in [3.8, 4) is 28.5 Å². The third-order valence-electron chi connectivity index (χ3n) is 6.67. The number of benzene rings is 2. The molecule has 0 amide bonds. The number of halogens is 5. The lowest BCUT2D eigenvalue weighted by atomic mass is 9.97. The molecule has 2 aromatic heterocycles. The lowest BCUT2D eigenvalue weighted by Crippen LogP contribution is -2.40. The Morgan fingerprint density at radius 3 is 2.58 bits per heavy atom. The van der Waals surface area contributed by atoms with Crippen LogP contribution in [0.25, 0.3) is 28.5 Å². The normalized spacial score (nSPS) is 17.2. The monoisotopic (exact) mass is 563 g/mol. The van der Waals surface area contributed by atoms with Gasteiger partial charge in [-0.2, -0.15) is 23.3 Å². The summed E-state index contributed by atoms with van der Waals surface area (Å²) >= 11 is 0. The van der Waals surface area contributed by atoms with Gasteiger partial charge in [0.1, 0.15) is 11.5 Å². The van der Waals surface area contributed by atoms with Crippen LogP contribution in [-0.2, 0) is 11.0 Å². The summed E-state index contributed by atoms with van der Waals surface area (Å²) < 4.78 is 74.9. The largest absolute Gasteiger partial charge is 0.481 e. The van der Waals surface area contributed by atoms with Gasteiger partial charge in [0.2, 0.25) is 5.82 Å². The number of piperidine rings is 1. The summed E-state index contributed by atoms with van der Waals surface area (Å²) in [4.78, 5) is 17.2. The lowest BCUT2D eigenvalue weighted by molar-refractivity contribution is -0.144. The molecule has 0 radical (unpaired) electrons. The van der Waals surface area contributed by atoms with Gasteiger partial charge in [-0.25, -0.2) is 13.5 Å². The predicted octanol–water partition coefficient (Wildman–Crippen LogP) is 4.72. The maximum atomic E-state index is 14.2. The van der Waals surface area contributed by atoms with Crippen LogP contribution in [0.15, 0.2) is 53.2 Å². The number of rotatable bonds is 7. The maximum Gasteiger partial charge on any atom is 0.434 e. The van der Waals surface area contributed by atoms with Crippen molar-refractivity contribution in [1.29, 1.82) is 0 Å². The number of nitrogens with zero attached hydrogens (tertiary/aromatic N) is 5. The molecule has 4 aromatic rings. The number of aliphatic hydroxyl groups is 1. The number of carboxylic acid groups (broad SMARTS) is 1. The number of hydrogen-bond acceptors (Lipinski definition) is 7.